The van der Waals surface area contributed by atoms with Crippen molar-refractivity contribution in [1.29, 1.82) is 0 Å². The van der Waals surface area contributed by atoms with Gasteiger partial charge in [-0.2, -0.15) is 0 Å². The minimum absolute atomic E-state index is 0.193. The highest BCUT2D eigenvalue weighted by Gasteiger charge is 2.26. The lowest BCUT2D eigenvalue weighted by atomic mass is 9.99. The molecule has 0 bridgehead atoms. The molecule has 1 saturated heterocycles. The van der Waals surface area contributed by atoms with Crippen LogP contribution in [-0.2, 0) is 9.53 Å². The van der Waals surface area contributed by atoms with E-state index in [2.05, 4.69) is 5.32 Å². The number of methoxy groups -OCH3 is 1. The summed E-state index contributed by atoms with van der Waals surface area (Å²) in [6.45, 7) is 4.31. The van der Waals surface area contributed by atoms with Crippen molar-refractivity contribution < 1.29 is 9.53 Å². The quantitative estimate of drug-likeness (QED) is 0.724. The lowest BCUT2D eigenvalue weighted by molar-refractivity contribution is -0.138. The summed E-state index contributed by atoms with van der Waals surface area (Å²) >= 11 is 0. The van der Waals surface area contributed by atoms with Crippen LogP contribution in [0.3, 0.4) is 0 Å². The molecule has 1 fully saturated rings. The number of hydrogen-bond acceptors (Lipinski definition) is 3. The van der Waals surface area contributed by atoms with Crippen LogP contribution in [0.15, 0.2) is 0 Å². The number of nitrogens with one attached hydrogen (secondary N) is 1. The molecule has 1 rings (SSSR count). The van der Waals surface area contributed by atoms with E-state index in [0.717, 1.165) is 25.9 Å². The molecule has 4 heteroatoms. The first kappa shape index (κ1) is 12.5. The zero-order valence-corrected chi connectivity index (χ0v) is 9.95. The molecule has 0 aromatic carbocycles. The van der Waals surface area contributed by atoms with Gasteiger partial charge in [-0.1, -0.05) is 6.92 Å². The molecule has 15 heavy (non-hydrogen) atoms. The largest absolute Gasteiger partial charge is 0.383 e. The highest BCUT2D eigenvalue weighted by Crippen LogP contribution is 2.17. The van der Waals surface area contributed by atoms with Crippen LogP contribution in [0.2, 0.25) is 0 Å². The Morgan fingerprint density at radius 3 is 3.00 bits per heavy atom. The summed E-state index contributed by atoms with van der Waals surface area (Å²) in [5.74, 6) is 0.483. The van der Waals surface area contributed by atoms with Crippen molar-refractivity contribution in [1.82, 2.24) is 10.2 Å². The lowest BCUT2D eigenvalue weighted by Gasteiger charge is -2.33. The van der Waals surface area contributed by atoms with Gasteiger partial charge < -0.3 is 15.0 Å². The Hall–Kier alpha value is -0.610. The molecule has 0 saturated carbocycles. The van der Waals surface area contributed by atoms with E-state index in [9.17, 15) is 4.79 Å². The summed E-state index contributed by atoms with van der Waals surface area (Å²) in [6, 6.07) is 0.240. The van der Waals surface area contributed by atoms with Gasteiger partial charge in [0.2, 0.25) is 5.91 Å². The van der Waals surface area contributed by atoms with Crippen molar-refractivity contribution >= 4 is 5.91 Å². The van der Waals surface area contributed by atoms with Crippen LogP contribution in [0.4, 0.5) is 0 Å². The van der Waals surface area contributed by atoms with Crippen molar-refractivity contribution in [3.8, 4) is 0 Å². The first-order valence-electron chi connectivity index (χ1n) is 5.64. The number of carbonyl (C=O) groups excluding carboxylic acids is 1. The van der Waals surface area contributed by atoms with Gasteiger partial charge >= 0.3 is 0 Å². The van der Waals surface area contributed by atoms with Crippen molar-refractivity contribution in [3.63, 3.8) is 0 Å². The van der Waals surface area contributed by atoms with Gasteiger partial charge in [0.15, 0.2) is 0 Å². The molecule has 0 aromatic rings. The zero-order valence-electron chi connectivity index (χ0n) is 9.95. The fourth-order valence-electron chi connectivity index (χ4n) is 2.01. The molecule has 0 spiro atoms. The summed E-state index contributed by atoms with van der Waals surface area (Å²) in [4.78, 5) is 13.8. The first-order valence-corrected chi connectivity index (χ1v) is 5.64. The molecular weight excluding hydrogens is 192 g/mol. The number of rotatable bonds is 5. The Morgan fingerprint density at radius 1 is 1.67 bits per heavy atom. The summed E-state index contributed by atoms with van der Waals surface area (Å²) < 4.78 is 5.10. The normalized spacial score (nSPS) is 24.3. The number of likely N-dealkylation sites (N-methyl/N-ethyl adjacent to an activating group) is 1. The van der Waals surface area contributed by atoms with E-state index in [1.54, 1.807) is 7.11 Å². The van der Waals surface area contributed by atoms with Crippen molar-refractivity contribution in [3.05, 3.63) is 0 Å². The van der Waals surface area contributed by atoms with E-state index in [4.69, 9.17) is 4.74 Å². The van der Waals surface area contributed by atoms with Crippen LogP contribution in [-0.4, -0.2) is 50.7 Å². The average molecular weight is 214 g/mol. The highest BCUT2D eigenvalue weighted by atomic mass is 16.5. The maximum absolute atomic E-state index is 11.8. The number of carbonyl (C=O) groups is 1. The second-order valence-corrected chi connectivity index (χ2v) is 4.27. The average Bonchev–Trinajstić information content (AvgIpc) is 2.24. The van der Waals surface area contributed by atoms with E-state index < -0.39 is 0 Å². The van der Waals surface area contributed by atoms with Gasteiger partial charge in [0.05, 0.1) is 6.61 Å². The monoisotopic (exact) mass is 214 g/mol. The van der Waals surface area contributed by atoms with E-state index >= 15 is 0 Å². The van der Waals surface area contributed by atoms with Gasteiger partial charge in [-0.3, -0.25) is 4.79 Å². The second-order valence-electron chi connectivity index (χ2n) is 4.27. The van der Waals surface area contributed by atoms with Crippen LogP contribution in [0.25, 0.3) is 0 Å². The van der Waals surface area contributed by atoms with E-state index in [0.29, 0.717) is 6.61 Å². The molecule has 1 aliphatic rings. The predicted molar refractivity (Wildman–Crippen MR) is 59.7 cm³/mol. The third-order valence-electron chi connectivity index (χ3n) is 3.02. The molecule has 0 aromatic heterocycles. The molecule has 1 amide bonds. The van der Waals surface area contributed by atoms with E-state index in [1.165, 1.54) is 0 Å². The molecule has 1 aliphatic heterocycles. The topological polar surface area (TPSA) is 41.6 Å². The van der Waals surface area contributed by atoms with Gasteiger partial charge in [-0.25, -0.2) is 0 Å². The van der Waals surface area contributed by atoms with E-state index in [1.807, 2.05) is 18.9 Å². The Balaban J connectivity index is 2.44. The minimum atomic E-state index is 0.193. The lowest BCUT2D eigenvalue weighted by Crippen LogP contribution is -2.48. The number of piperidine rings is 1. The molecule has 2 unspecified atom stereocenters. The fraction of sp³-hybridized carbons (Fsp3) is 0.909. The number of ether oxygens (including phenoxy) is 1. The third-order valence-corrected chi connectivity index (χ3v) is 3.02. The molecule has 2 atom stereocenters. The van der Waals surface area contributed by atoms with Crippen molar-refractivity contribution in [2.45, 2.75) is 25.8 Å². The molecule has 4 nitrogen and oxygen atoms in total. The Kier molecular flexibility index (Phi) is 5.05. The number of amides is 1. The number of likely N-dealkylation sites (tertiary alicyclic amines) is 1. The van der Waals surface area contributed by atoms with Crippen LogP contribution >= 0.6 is 0 Å². The molecule has 88 valence electrons. The van der Waals surface area contributed by atoms with Crippen LogP contribution in [0.5, 0.6) is 0 Å². The zero-order chi connectivity index (χ0) is 11.3. The van der Waals surface area contributed by atoms with Gasteiger partial charge in [-0.15, -0.1) is 0 Å². The Bertz CT molecular complexity index is 209. The fourth-order valence-corrected chi connectivity index (χ4v) is 2.01. The van der Waals surface area contributed by atoms with Crippen molar-refractivity contribution in [2.24, 2.45) is 5.92 Å². The smallest absolute Gasteiger partial charge is 0.225 e. The first-order chi connectivity index (χ1) is 7.19. The van der Waals surface area contributed by atoms with E-state index in [-0.39, 0.29) is 17.9 Å². The summed E-state index contributed by atoms with van der Waals surface area (Å²) in [6.07, 6.45) is 2.15. The molecule has 1 N–H and O–H groups in total. The Morgan fingerprint density at radius 2 is 2.40 bits per heavy atom. The van der Waals surface area contributed by atoms with Gasteiger partial charge in [0, 0.05) is 32.2 Å². The van der Waals surface area contributed by atoms with Gasteiger partial charge in [0.25, 0.3) is 0 Å². The van der Waals surface area contributed by atoms with Gasteiger partial charge in [0.1, 0.15) is 0 Å². The molecule has 1 heterocycles. The summed E-state index contributed by atoms with van der Waals surface area (Å²) in [7, 11) is 3.59. The maximum atomic E-state index is 11.8. The minimum Gasteiger partial charge on any atom is -0.383 e. The number of nitrogens with zero attached hydrogens (tertiary/aromatic N) is 1. The Labute approximate surface area is 92.0 Å². The SMILES string of the molecule is CNC(COC)CN1CCCC(C)C1=O. The predicted octanol–water partition coefficient (Wildman–Crippen LogP) is 0.479. The van der Waals surface area contributed by atoms with Crippen molar-refractivity contribution in [2.75, 3.05) is 33.9 Å². The standard InChI is InChI=1S/C11H22N2O2/c1-9-5-4-6-13(11(9)14)7-10(12-2)8-15-3/h9-10,12H,4-8H2,1-3H3. The highest BCUT2D eigenvalue weighted by molar-refractivity contribution is 5.79. The van der Waals surface area contributed by atoms with Crippen LogP contribution in [0.1, 0.15) is 19.8 Å². The van der Waals surface area contributed by atoms with Crippen LogP contribution in [0, 0.1) is 5.92 Å². The van der Waals surface area contributed by atoms with Gasteiger partial charge in [-0.05, 0) is 19.9 Å². The molecule has 0 radical (unpaired) electrons. The van der Waals surface area contributed by atoms with Crippen LogP contribution < -0.4 is 5.32 Å². The molecular formula is C11H22N2O2. The summed E-state index contributed by atoms with van der Waals surface area (Å²) in [5, 5.41) is 3.17. The second kappa shape index (κ2) is 6.08. The maximum Gasteiger partial charge on any atom is 0.225 e. The molecule has 0 aliphatic carbocycles. The summed E-state index contributed by atoms with van der Waals surface area (Å²) in [5.41, 5.74) is 0. The third kappa shape index (κ3) is 3.47. The number of hydrogen-bond donors (Lipinski definition) is 1.